The van der Waals surface area contributed by atoms with Gasteiger partial charge in [-0.1, -0.05) is 19.8 Å². The van der Waals surface area contributed by atoms with E-state index in [1.54, 1.807) is 11.3 Å². The molecule has 2 heterocycles. The smallest absolute Gasteiger partial charge is 0.191 e. The molecule has 1 aliphatic carbocycles. The molecule has 1 aromatic heterocycles. The Morgan fingerprint density at radius 2 is 2.12 bits per heavy atom. The van der Waals surface area contributed by atoms with E-state index in [1.807, 2.05) is 0 Å². The van der Waals surface area contributed by atoms with Crippen LogP contribution in [0.3, 0.4) is 0 Å². The van der Waals surface area contributed by atoms with Crippen LogP contribution in [0.4, 0.5) is 5.13 Å². The summed E-state index contributed by atoms with van der Waals surface area (Å²) in [6.07, 6.45) is 8.75. The van der Waals surface area contributed by atoms with Crippen molar-refractivity contribution in [3.8, 4) is 0 Å². The fourth-order valence-corrected chi connectivity index (χ4v) is 4.74. The maximum Gasteiger partial charge on any atom is 0.191 e. The van der Waals surface area contributed by atoms with Gasteiger partial charge in [0.25, 0.3) is 0 Å². The van der Waals surface area contributed by atoms with E-state index in [2.05, 4.69) is 34.8 Å². The number of anilines is 1. The normalized spacial score (nSPS) is 23.6. The summed E-state index contributed by atoms with van der Waals surface area (Å²) in [7, 11) is 0. The van der Waals surface area contributed by atoms with Crippen molar-refractivity contribution in [2.75, 3.05) is 31.1 Å². The van der Waals surface area contributed by atoms with E-state index in [4.69, 9.17) is 9.98 Å². The Labute approximate surface area is 179 Å². The van der Waals surface area contributed by atoms with Crippen molar-refractivity contribution in [1.82, 2.24) is 15.6 Å². The molecule has 1 aliphatic heterocycles. The van der Waals surface area contributed by atoms with E-state index < -0.39 is 0 Å². The highest BCUT2D eigenvalue weighted by Gasteiger charge is 2.19. The van der Waals surface area contributed by atoms with Crippen LogP contribution in [0.25, 0.3) is 0 Å². The molecule has 2 aliphatic rings. The molecule has 1 saturated heterocycles. The lowest BCUT2D eigenvalue weighted by Crippen LogP contribution is -2.45. The molecule has 1 saturated carbocycles. The van der Waals surface area contributed by atoms with Crippen LogP contribution in [0.15, 0.2) is 10.4 Å². The summed E-state index contributed by atoms with van der Waals surface area (Å²) in [6, 6.07) is 0.572. The number of guanidine groups is 1. The minimum absolute atomic E-state index is 0. The zero-order chi connectivity index (χ0) is 17.5. The molecule has 2 atom stereocenters. The first-order valence-corrected chi connectivity index (χ1v) is 10.9. The lowest BCUT2D eigenvalue weighted by molar-refractivity contribution is 0.324. The minimum Gasteiger partial charge on any atom is -0.357 e. The minimum atomic E-state index is 0. The van der Waals surface area contributed by atoms with Crippen molar-refractivity contribution in [2.45, 2.75) is 64.8 Å². The molecular formula is C19H34IN5S. The van der Waals surface area contributed by atoms with Gasteiger partial charge in [0, 0.05) is 44.0 Å². The fraction of sp³-hybridized carbons (Fsp3) is 0.789. The summed E-state index contributed by atoms with van der Waals surface area (Å²) in [5.74, 6) is 1.80. The van der Waals surface area contributed by atoms with Gasteiger partial charge >= 0.3 is 0 Å². The SMILES string of the molecule is CCNC(=NCCc1csc(N2CCCC2)n1)NC1CCCC(C)C1.I. The molecule has 0 bridgehead atoms. The van der Waals surface area contributed by atoms with Gasteiger partial charge < -0.3 is 15.5 Å². The van der Waals surface area contributed by atoms with Crippen LogP contribution in [0.5, 0.6) is 0 Å². The Kier molecular flexibility index (Phi) is 9.45. The topological polar surface area (TPSA) is 52.6 Å². The zero-order valence-electron chi connectivity index (χ0n) is 16.2. The molecular weight excluding hydrogens is 457 g/mol. The molecule has 7 heteroatoms. The molecule has 3 rings (SSSR count). The Morgan fingerprint density at radius 3 is 2.85 bits per heavy atom. The van der Waals surface area contributed by atoms with Gasteiger partial charge in [-0.05, 0) is 38.5 Å². The standard InChI is InChI=1S/C19H33N5S.HI/c1-3-20-18(22-16-8-6-7-15(2)13-16)21-10-9-17-14-25-19(23-17)24-11-4-5-12-24;/h14-16H,3-13H2,1-2H3,(H2,20,21,22);1H. The second-order valence-corrected chi connectivity index (χ2v) is 8.28. The molecule has 26 heavy (non-hydrogen) atoms. The maximum absolute atomic E-state index is 4.80. The van der Waals surface area contributed by atoms with Crippen LogP contribution in [0.2, 0.25) is 0 Å². The van der Waals surface area contributed by atoms with Gasteiger partial charge in [-0.15, -0.1) is 35.3 Å². The van der Waals surface area contributed by atoms with Crippen molar-refractivity contribution < 1.29 is 0 Å². The van der Waals surface area contributed by atoms with Gasteiger partial charge in [0.1, 0.15) is 0 Å². The quantitative estimate of drug-likeness (QED) is 0.359. The number of hydrogen-bond acceptors (Lipinski definition) is 4. The van der Waals surface area contributed by atoms with Crippen molar-refractivity contribution >= 4 is 46.4 Å². The number of rotatable bonds is 6. The first-order chi connectivity index (χ1) is 12.2. The number of aliphatic imine (C=N–C) groups is 1. The number of aromatic nitrogens is 1. The summed E-state index contributed by atoms with van der Waals surface area (Å²) in [5.41, 5.74) is 1.18. The Balaban J connectivity index is 0.00000243. The number of thiazole rings is 1. The molecule has 148 valence electrons. The predicted molar refractivity (Wildman–Crippen MR) is 123 cm³/mol. The molecule has 2 N–H and O–H groups in total. The van der Waals surface area contributed by atoms with Crippen molar-refractivity contribution in [3.63, 3.8) is 0 Å². The van der Waals surface area contributed by atoms with Crippen LogP contribution < -0.4 is 15.5 Å². The van der Waals surface area contributed by atoms with E-state index in [-0.39, 0.29) is 24.0 Å². The molecule has 2 unspecified atom stereocenters. The van der Waals surface area contributed by atoms with E-state index in [9.17, 15) is 0 Å². The van der Waals surface area contributed by atoms with Gasteiger partial charge in [0.2, 0.25) is 0 Å². The Morgan fingerprint density at radius 1 is 1.31 bits per heavy atom. The van der Waals surface area contributed by atoms with Crippen molar-refractivity contribution in [3.05, 3.63) is 11.1 Å². The number of nitrogens with one attached hydrogen (secondary N) is 2. The second-order valence-electron chi connectivity index (χ2n) is 7.44. The lowest BCUT2D eigenvalue weighted by atomic mass is 9.87. The maximum atomic E-state index is 4.80. The van der Waals surface area contributed by atoms with Crippen LogP contribution in [0.1, 0.15) is 58.1 Å². The Bertz CT molecular complexity index is 556. The van der Waals surface area contributed by atoms with Crippen LogP contribution in [-0.2, 0) is 6.42 Å². The third-order valence-corrected chi connectivity index (χ3v) is 6.13. The third-order valence-electron chi connectivity index (χ3n) is 5.18. The highest BCUT2D eigenvalue weighted by molar-refractivity contribution is 14.0. The number of halogens is 1. The second kappa shape index (κ2) is 11.3. The predicted octanol–water partition coefficient (Wildman–Crippen LogP) is 4.04. The summed E-state index contributed by atoms with van der Waals surface area (Å²) in [5, 5.41) is 10.4. The van der Waals surface area contributed by atoms with E-state index in [0.717, 1.165) is 31.4 Å². The van der Waals surface area contributed by atoms with Crippen LogP contribution >= 0.6 is 35.3 Å². The molecule has 2 fully saturated rings. The summed E-state index contributed by atoms with van der Waals surface area (Å²) in [4.78, 5) is 12.0. The average molecular weight is 491 g/mol. The molecule has 0 aromatic carbocycles. The van der Waals surface area contributed by atoms with Crippen molar-refractivity contribution in [1.29, 1.82) is 0 Å². The van der Waals surface area contributed by atoms with Gasteiger partial charge in [0.15, 0.2) is 11.1 Å². The number of hydrogen-bond donors (Lipinski definition) is 2. The van der Waals surface area contributed by atoms with E-state index in [0.29, 0.717) is 6.04 Å². The Hall–Kier alpha value is -0.570. The monoisotopic (exact) mass is 491 g/mol. The highest BCUT2D eigenvalue weighted by atomic mass is 127. The summed E-state index contributed by atoms with van der Waals surface area (Å²) in [6.45, 7) is 8.52. The van der Waals surface area contributed by atoms with Gasteiger partial charge in [-0.25, -0.2) is 4.98 Å². The zero-order valence-corrected chi connectivity index (χ0v) is 19.3. The molecule has 5 nitrogen and oxygen atoms in total. The number of nitrogens with zero attached hydrogens (tertiary/aromatic N) is 3. The molecule has 1 aromatic rings. The average Bonchev–Trinajstić information content (AvgIpc) is 3.26. The van der Waals surface area contributed by atoms with Crippen LogP contribution in [-0.4, -0.2) is 43.2 Å². The summed E-state index contributed by atoms with van der Waals surface area (Å²) >= 11 is 1.78. The van der Waals surface area contributed by atoms with Gasteiger partial charge in [0.05, 0.1) is 5.69 Å². The third kappa shape index (κ3) is 6.55. The largest absolute Gasteiger partial charge is 0.357 e. The summed E-state index contributed by atoms with van der Waals surface area (Å²) < 4.78 is 0. The first-order valence-electron chi connectivity index (χ1n) is 9.98. The van der Waals surface area contributed by atoms with Crippen LogP contribution in [0, 0.1) is 5.92 Å². The fourth-order valence-electron chi connectivity index (χ4n) is 3.83. The highest BCUT2D eigenvalue weighted by Crippen LogP contribution is 2.25. The van der Waals surface area contributed by atoms with Gasteiger partial charge in [-0.2, -0.15) is 0 Å². The molecule has 0 radical (unpaired) electrons. The van der Waals surface area contributed by atoms with Crippen molar-refractivity contribution in [2.24, 2.45) is 10.9 Å². The van der Waals surface area contributed by atoms with E-state index >= 15 is 0 Å². The van der Waals surface area contributed by atoms with E-state index in [1.165, 1.54) is 62.4 Å². The molecule has 0 spiro atoms. The molecule has 0 amide bonds. The van der Waals surface area contributed by atoms with Gasteiger partial charge in [-0.3, -0.25) is 4.99 Å². The first kappa shape index (κ1) is 21.7. The lowest BCUT2D eigenvalue weighted by Gasteiger charge is -2.28.